The number of quaternary nitrogens is 1. The topological polar surface area (TPSA) is 54.4 Å². The molecular formula is C11H16NO3S+. The smallest absolute Gasteiger partial charge is 0.293 e. The minimum atomic E-state index is -4.09. The van der Waals surface area contributed by atoms with E-state index in [-0.39, 0.29) is 4.90 Å². The molecule has 0 spiro atoms. The molecule has 2 rings (SSSR count). The minimum Gasteiger partial charge on any atom is -0.293 e. The van der Waals surface area contributed by atoms with Gasteiger partial charge in [-0.15, -0.1) is 0 Å². The molecule has 16 heavy (non-hydrogen) atoms. The van der Waals surface area contributed by atoms with E-state index in [1.54, 1.807) is 12.1 Å². The Morgan fingerprint density at radius 3 is 2.56 bits per heavy atom. The van der Waals surface area contributed by atoms with Crippen LogP contribution in [-0.2, 0) is 16.5 Å². The highest BCUT2D eigenvalue weighted by molar-refractivity contribution is 7.85. The van der Waals surface area contributed by atoms with Crippen molar-refractivity contribution in [3.63, 3.8) is 0 Å². The van der Waals surface area contributed by atoms with E-state index in [0.29, 0.717) is 6.04 Å². The fourth-order valence-electron chi connectivity index (χ4n) is 2.23. The molecule has 1 atom stereocenters. The van der Waals surface area contributed by atoms with Gasteiger partial charge in [-0.2, -0.15) is 8.42 Å². The number of nitrogens with zero attached hydrogens (tertiary/aromatic N) is 1. The first-order chi connectivity index (χ1) is 7.23. The van der Waals surface area contributed by atoms with Crippen LogP contribution in [0.15, 0.2) is 23.1 Å². The van der Waals surface area contributed by atoms with Crippen LogP contribution in [0.2, 0.25) is 0 Å². The summed E-state index contributed by atoms with van der Waals surface area (Å²) in [5.41, 5.74) is 2.13. The number of rotatable bonds is 1. The summed E-state index contributed by atoms with van der Waals surface area (Å²) in [6, 6.07) is 5.26. The number of hydrogen-bond donors (Lipinski definition) is 1. The Labute approximate surface area is 95.8 Å². The zero-order valence-corrected chi connectivity index (χ0v) is 10.5. The molecule has 0 bridgehead atoms. The van der Waals surface area contributed by atoms with Crippen molar-refractivity contribution in [3.8, 4) is 0 Å². The van der Waals surface area contributed by atoms with Crippen LogP contribution in [-0.4, -0.2) is 33.1 Å². The van der Waals surface area contributed by atoms with Crippen LogP contribution in [0.5, 0.6) is 0 Å². The maximum atomic E-state index is 11.0. The Balaban J connectivity index is 2.57. The van der Waals surface area contributed by atoms with Crippen LogP contribution in [0.25, 0.3) is 0 Å². The molecule has 0 saturated heterocycles. The molecule has 1 aliphatic heterocycles. The van der Waals surface area contributed by atoms with Crippen LogP contribution < -0.4 is 4.48 Å². The maximum Gasteiger partial charge on any atom is 0.294 e. The second kappa shape index (κ2) is 3.29. The largest absolute Gasteiger partial charge is 0.294 e. The number of hydrogen-bond acceptors (Lipinski definition) is 2. The summed E-state index contributed by atoms with van der Waals surface area (Å²) in [6.45, 7) is 2.13. The molecule has 4 nitrogen and oxygen atoms in total. The molecule has 1 N–H and O–H groups in total. The minimum absolute atomic E-state index is 0.0136. The Morgan fingerprint density at radius 1 is 1.38 bits per heavy atom. The molecule has 0 radical (unpaired) electrons. The average Bonchev–Trinajstić information content (AvgIpc) is 2.36. The number of likely N-dealkylation sites (N-methyl/N-ethyl adjacent to an activating group) is 1. The Kier molecular flexibility index (Phi) is 2.38. The molecule has 0 aromatic heterocycles. The predicted molar refractivity (Wildman–Crippen MR) is 63.1 cm³/mol. The van der Waals surface area contributed by atoms with E-state index in [0.717, 1.165) is 22.2 Å². The summed E-state index contributed by atoms with van der Waals surface area (Å²) in [5.74, 6) is 0. The van der Waals surface area contributed by atoms with Gasteiger partial charge in [-0.1, -0.05) is 0 Å². The summed E-state index contributed by atoms with van der Waals surface area (Å²) >= 11 is 0. The molecule has 1 aromatic carbocycles. The lowest BCUT2D eigenvalue weighted by Crippen LogP contribution is -2.45. The van der Waals surface area contributed by atoms with E-state index in [4.69, 9.17) is 4.55 Å². The van der Waals surface area contributed by atoms with Crippen molar-refractivity contribution in [1.29, 1.82) is 0 Å². The summed E-state index contributed by atoms with van der Waals surface area (Å²) in [6.07, 6.45) is 0.839. The first-order valence-corrected chi connectivity index (χ1v) is 6.61. The lowest BCUT2D eigenvalue weighted by atomic mass is 10.1. The van der Waals surface area contributed by atoms with Crippen LogP contribution >= 0.6 is 0 Å². The van der Waals surface area contributed by atoms with E-state index >= 15 is 0 Å². The average molecular weight is 242 g/mol. The maximum absolute atomic E-state index is 11.0. The molecule has 1 aromatic rings. The second-order valence-corrected chi connectivity index (χ2v) is 6.28. The number of benzene rings is 1. The molecule has 5 heteroatoms. The first kappa shape index (κ1) is 11.6. The normalized spacial score (nSPS) is 23.1. The predicted octanol–water partition coefficient (Wildman–Crippen LogP) is 1.44. The Bertz CT molecular complexity index is 534. The Morgan fingerprint density at radius 2 is 2.00 bits per heavy atom. The molecule has 0 saturated carbocycles. The van der Waals surface area contributed by atoms with Gasteiger partial charge in [0, 0.05) is 18.1 Å². The SMILES string of the molecule is CC1Cc2cc(S(=O)(=O)O)ccc2[N+]1(C)C. The van der Waals surface area contributed by atoms with E-state index in [1.807, 2.05) is 0 Å². The fourth-order valence-corrected chi connectivity index (χ4v) is 2.76. The van der Waals surface area contributed by atoms with Gasteiger partial charge < -0.3 is 0 Å². The van der Waals surface area contributed by atoms with E-state index < -0.39 is 10.1 Å². The zero-order valence-electron chi connectivity index (χ0n) is 9.64. The highest BCUT2D eigenvalue weighted by Crippen LogP contribution is 2.36. The molecule has 88 valence electrons. The first-order valence-electron chi connectivity index (χ1n) is 5.17. The summed E-state index contributed by atoms with van der Waals surface area (Å²) in [7, 11) is 0.116. The number of fused-ring (bicyclic) bond motifs is 1. The summed E-state index contributed by atoms with van der Waals surface area (Å²) < 4.78 is 31.8. The highest BCUT2D eigenvalue weighted by Gasteiger charge is 2.37. The standard InChI is InChI=1S/C11H15NO3S/c1-8-6-9-7-10(16(13,14)15)4-5-11(9)12(8,2)3/h4-5,7-8H,6H2,1-3H3/p+1. The Hall–Kier alpha value is -0.910. The van der Waals surface area contributed by atoms with Gasteiger partial charge in [0.05, 0.1) is 25.0 Å². The van der Waals surface area contributed by atoms with Crippen LogP contribution in [0.4, 0.5) is 5.69 Å². The summed E-state index contributed by atoms with van der Waals surface area (Å²) in [5, 5.41) is 0. The van der Waals surface area contributed by atoms with Crippen molar-refractivity contribution in [2.24, 2.45) is 0 Å². The van der Waals surface area contributed by atoms with Crippen LogP contribution in [0.3, 0.4) is 0 Å². The summed E-state index contributed by atoms with van der Waals surface area (Å²) in [4.78, 5) is -0.0136. The van der Waals surface area contributed by atoms with Gasteiger partial charge >= 0.3 is 0 Å². The third kappa shape index (κ3) is 1.65. The molecule has 1 aliphatic rings. The van der Waals surface area contributed by atoms with Crippen molar-refractivity contribution in [3.05, 3.63) is 23.8 Å². The molecule has 0 fully saturated rings. The van der Waals surface area contributed by atoms with Crippen LogP contribution in [0, 0.1) is 0 Å². The van der Waals surface area contributed by atoms with Gasteiger partial charge in [0.1, 0.15) is 5.69 Å². The zero-order chi connectivity index (χ0) is 12.1. The molecule has 0 aliphatic carbocycles. The molecule has 1 unspecified atom stereocenters. The van der Waals surface area contributed by atoms with Gasteiger partial charge in [0.2, 0.25) is 0 Å². The molecule has 1 heterocycles. The molecular weight excluding hydrogens is 226 g/mol. The van der Waals surface area contributed by atoms with Crippen molar-refractivity contribution < 1.29 is 13.0 Å². The van der Waals surface area contributed by atoms with Gasteiger partial charge in [-0.05, 0) is 19.1 Å². The van der Waals surface area contributed by atoms with E-state index in [2.05, 4.69) is 21.0 Å². The quantitative estimate of drug-likeness (QED) is 0.599. The van der Waals surface area contributed by atoms with Gasteiger partial charge in [-0.3, -0.25) is 9.04 Å². The third-order valence-corrected chi connectivity index (χ3v) is 4.44. The highest BCUT2D eigenvalue weighted by atomic mass is 32.2. The lowest BCUT2D eigenvalue weighted by Gasteiger charge is -2.29. The van der Waals surface area contributed by atoms with Gasteiger partial charge in [-0.25, -0.2) is 0 Å². The van der Waals surface area contributed by atoms with E-state index in [1.165, 1.54) is 6.07 Å². The lowest BCUT2D eigenvalue weighted by molar-refractivity contribution is 0.337. The monoisotopic (exact) mass is 242 g/mol. The molecule has 0 amide bonds. The van der Waals surface area contributed by atoms with Gasteiger partial charge in [0.15, 0.2) is 0 Å². The van der Waals surface area contributed by atoms with Crippen molar-refractivity contribution in [1.82, 2.24) is 4.48 Å². The van der Waals surface area contributed by atoms with E-state index in [9.17, 15) is 8.42 Å². The van der Waals surface area contributed by atoms with Crippen LogP contribution in [0.1, 0.15) is 12.5 Å². The third-order valence-electron chi connectivity index (χ3n) is 3.59. The van der Waals surface area contributed by atoms with Crippen molar-refractivity contribution in [2.45, 2.75) is 24.3 Å². The fraction of sp³-hybridized carbons (Fsp3) is 0.455. The van der Waals surface area contributed by atoms with Gasteiger partial charge in [0.25, 0.3) is 10.1 Å². The second-order valence-electron chi connectivity index (χ2n) is 4.86. The van der Waals surface area contributed by atoms with Crippen molar-refractivity contribution >= 4 is 15.8 Å². The van der Waals surface area contributed by atoms with Crippen molar-refractivity contribution in [2.75, 3.05) is 14.1 Å².